The number of hydrogen-bond acceptors (Lipinski definition) is 4. The number of para-hydroxylation sites is 1. The van der Waals surface area contributed by atoms with Gasteiger partial charge in [-0.25, -0.2) is 4.79 Å². The molecule has 0 unspecified atom stereocenters. The van der Waals surface area contributed by atoms with Crippen molar-refractivity contribution in [1.29, 1.82) is 0 Å². The summed E-state index contributed by atoms with van der Waals surface area (Å²) in [4.78, 5) is 24.2. The fourth-order valence-corrected chi connectivity index (χ4v) is 2.19. The van der Waals surface area contributed by atoms with E-state index >= 15 is 0 Å². The number of amides is 1. The molecule has 1 N–H and O–H groups in total. The number of anilines is 1. The van der Waals surface area contributed by atoms with Gasteiger partial charge in [-0.2, -0.15) is 0 Å². The Morgan fingerprint density at radius 2 is 1.92 bits per heavy atom. The second-order valence-electron chi connectivity index (χ2n) is 4.97. The summed E-state index contributed by atoms with van der Waals surface area (Å²) in [6.07, 6.45) is -0.765. The molecule has 0 fully saturated rings. The SMILES string of the molecule is CCOC(=O)c1ccccc1NC(=O)[C@@H](C)Oc1cccc(Cl)c1. The molecule has 0 aliphatic rings. The molecule has 0 radical (unpaired) electrons. The Balaban J connectivity index is 2.08. The molecule has 1 atom stereocenters. The molecule has 0 heterocycles. The maximum absolute atomic E-state index is 12.3. The van der Waals surface area contributed by atoms with E-state index in [2.05, 4.69) is 5.32 Å². The summed E-state index contributed by atoms with van der Waals surface area (Å²) in [5, 5.41) is 3.21. The van der Waals surface area contributed by atoms with E-state index in [1.807, 2.05) is 0 Å². The van der Waals surface area contributed by atoms with Gasteiger partial charge in [-0.05, 0) is 44.2 Å². The van der Waals surface area contributed by atoms with Gasteiger partial charge in [-0.3, -0.25) is 4.79 Å². The van der Waals surface area contributed by atoms with Crippen LogP contribution in [0.3, 0.4) is 0 Å². The number of carbonyl (C=O) groups excluding carboxylic acids is 2. The van der Waals surface area contributed by atoms with Crippen LogP contribution >= 0.6 is 11.6 Å². The molecule has 24 heavy (non-hydrogen) atoms. The van der Waals surface area contributed by atoms with Gasteiger partial charge < -0.3 is 14.8 Å². The van der Waals surface area contributed by atoms with Crippen molar-refractivity contribution in [3.8, 4) is 5.75 Å². The van der Waals surface area contributed by atoms with Gasteiger partial charge in [0.15, 0.2) is 6.10 Å². The molecule has 0 aliphatic carbocycles. The molecule has 0 saturated carbocycles. The molecule has 1 amide bonds. The van der Waals surface area contributed by atoms with Crippen LogP contribution in [0, 0.1) is 0 Å². The summed E-state index contributed by atoms with van der Waals surface area (Å²) >= 11 is 5.89. The first-order valence-corrected chi connectivity index (χ1v) is 7.88. The lowest BCUT2D eigenvalue weighted by Gasteiger charge is -2.16. The molecule has 0 aliphatic heterocycles. The summed E-state index contributed by atoms with van der Waals surface area (Å²) < 4.78 is 10.5. The van der Waals surface area contributed by atoms with Crippen LogP contribution in [-0.4, -0.2) is 24.6 Å². The minimum atomic E-state index is -0.765. The lowest BCUT2D eigenvalue weighted by Crippen LogP contribution is -2.30. The molecule has 2 aromatic carbocycles. The number of ether oxygens (including phenoxy) is 2. The average molecular weight is 348 g/mol. The number of hydrogen-bond donors (Lipinski definition) is 1. The summed E-state index contributed by atoms with van der Waals surface area (Å²) in [6, 6.07) is 13.4. The van der Waals surface area contributed by atoms with Crippen LogP contribution < -0.4 is 10.1 Å². The molecule has 0 aromatic heterocycles. The van der Waals surface area contributed by atoms with E-state index in [1.165, 1.54) is 0 Å². The van der Waals surface area contributed by atoms with Crippen LogP contribution in [0.2, 0.25) is 5.02 Å². The van der Waals surface area contributed by atoms with Crippen molar-refractivity contribution in [2.45, 2.75) is 20.0 Å². The van der Waals surface area contributed by atoms with E-state index in [4.69, 9.17) is 21.1 Å². The van der Waals surface area contributed by atoms with Crippen LogP contribution in [0.15, 0.2) is 48.5 Å². The third-order valence-corrected chi connectivity index (χ3v) is 3.39. The van der Waals surface area contributed by atoms with E-state index < -0.39 is 12.1 Å². The van der Waals surface area contributed by atoms with Crippen LogP contribution in [0.25, 0.3) is 0 Å². The van der Waals surface area contributed by atoms with Crippen molar-refractivity contribution in [1.82, 2.24) is 0 Å². The summed E-state index contributed by atoms with van der Waals surface area (Å²) in [5.41, 5.74) is 0.671. The molecule has 126 valence electrons. The van der Waals surface area contributed by atoms with Crippen LogP contribution in [-0.2, 0) is 9.53 Å². The monoisotopic (exact) mass is 347 g/mol. The van der Waals surface area contributed by atoms with Gasteiger partial charge in [0.25, 0.3) is 5.91 Å². The van der Waals surface area contributed by atoms with Crippen molar-refractivity contribution in [3.05, 3.63) is 59.1 Å². The zero-order valence-electron chi connectivity index (χ0n) is 13.4. The van der Waals surface area contributed by atoms with E-state index in [-0.39, 0.29) is 12.5 Å². The number of halogens is 1. The van der Waals surface area contributed by atoms with E-state index in [9.17, 15) is 9.59 Å². The van der Waals surface area contributed by atoms with Gasteiger partial charge >= 0.3 is 5.97 Å². The fourth-order valence-electron chi connectivity index (χ4n) is 2.01. The highest BCUT2D eigenvalue weighted by Gasteiger charge is 2.19. The van der Waals surface area contributed by atoms with Crippen LogP contribution in [0.4, 0.5) is 5.69 Å². The fraction of sp³-hybridized carbons (Fsp3) is 0.222. The largest absolute Gasteiger partial charge is 0.481 e. The maximum Gasteiger partial charge on any atom is 0.340 e. The Hall–Kier alpha value is -2.53. The molecule has 0 bridgehead atoms. The van der Waals surface area contributed by atoms with Gasteiger partial charge in [0.05, 0.1) is 17.9 Å². The van der Waals surface area contributed by atoms with Gasteiger partial charge in [-0.15, -0.1) is 0 Å². The smallest absolute Gasteiger partial charge is 0.340 e. The lowest BCUT2D eigenvalue weighted by molar-refractivity contribution is -0.122. The van der Waals surface area contributed by atoms with Crippen molar-refractivity contribution in [2.24, 2.45) is 0 Å². The van der Waals surface area contributed by atoms with E-state index in [1.54, 1.807) is 62.4 Å². The number of nitrogens with one attached hydrogen (secondary N) is 1. The van der Waals surface area contributed by atoms with Crippen LogP contribution in [0.1, 0.15) is 24.2 Å². The summed E-state index contributed by atoms with van der Waals surface area (Å²) in [6.45, 7) is 3.60. The van der Waals surface area contributed by atoms with Crippen molar-refractivity contribution in [2.75, 3.05) is 11.9 Å². The molecule has 2 aromatic rings. The Kier molecular flexibility index (Phi) is 6.21. The van der Waals surface area contributed by atoms with Crippen LogP contribution in [0.5, 0.6) is 5.75 Å². The van der Waals surface area contributed by atoms with Gasteiger partial charge in [0.2, 0.25) is 0 Å². The van der Waals surface area contributed by atoms with Gasteiger partial charge in [0.1, 0.15) is 5.75 Å². The molecular formula is C18H18ClNO4. The molecule has 0 spiro atoms. The topological polar surface area (TPSA) is 64.6 Å². The Morgan fingerprint density at radius 1 is 1.17 bits per heavy atom. The Morgan fingerprint density at radius 3 is 2.62 bits per heavy atom. The second-order valence-corrected chi connectivity index (χ2v) is 5.41. The quantitative estimate of drug-likeness (QED) is 0.804. The summed E-state index contributed by atoms with van der Waals surface area (Å²) in [7, 11) is 0. The zero-order chi connectivity index (χ0) is 17.5. The number of carbonyl (C=O) groups is 2. The number of benzene rings is 2. The Labute approximate surface area is 145 Å². The normalized spacial score (nSPS) is 11.5. The predicted octanol–water partition coefficient (Wildman–Crippen LogP) is 3.92. The zero-order valence-corrected chi connectivity index (χ0v) is 14.2. The van der Waals surface area contributed by atoms with E-state index in [0.717, 1.165) is 0 Å². The number of esters is 1. The average Bonchev–Trinajstić information content (AvgIpc) is 2.55. The molecular weight excluding hydrogens is 330 g/mol. The van der Waals surface area contributed by atoms with Crippen molar-refractivity contribution < 1.29 is 19.1 Å². The first kappa shape index (κ1) is 17.8. The summed E-state index contributed by atoms with van der Waals surface area (Å²) in [5.74, 6) is -0.382. The third kappa shape index (κ3) is 4.73. The first-order valence-electron chi connectivity index (χ1n) is 7.50. The minimum Gasteiger partial charge on any atom is -0.481 e. The Bertz CT molecular complexity index is 732. The highest BCUT2D eigenvalue weighted by atomic mass is 35.5. The highest BCUT2D eigenvalue weighted by Crippen LogP contribution is 2.20. The third-order valence-electron chi connectivity index (χ3n) is 3.16. The van der Waals surface area contributed by atoms with Crippen molar-refractivity contribution in [3.63, 3.8) is 0 Å². The van der Waals surface area contributed by atoms with E-state index in [0.29, 0.717) is 22.0 Å². The standard InChI is InChI=1S/C18H18ClNO4/c1-3-23-18(22)15-9-4-5-10-16(15)20-17(21)12(2)24-14-8-6-7-13(19)11-14/h4-12H,3H2,1-2H3,(H,20,21)/t12-/m1/s1. The van der Waals surface area contributed by atoms with Gasteiger partial charge in [0, 0.05) is 5.02 Å². The van der Waals surface area contributed by atoms with Crippen molar-refractivity contribution >= 4 is 29.2 Å². The minimum absolute atomic E-state index is 0.259. The predicted molar refractivity (Wildman–Crippen MR) is 92.6 cm³/mol. The first-order chi connectivity index (χ1) is 11.5. The van der Waals surface area contributed by atoms with Gasteiger partial charge in [-0.1, -0.05) is 29.8 Å². The lowest BCUT2D eigenvalue weighted by atomic mass is 10.1. The molecule has 2 rings (SSSR count). The maximum atomic E-state index is 12.3. The highest BCUT2D eigenvalue weighted by molar-refractivity contribution is 6.30. The second kappa shape index (κ2) is 8.36. The number of rotatable bonds is 6. The molecule has 5 nitrogen and oxygen atoms in total. The molecule has 6 heteroatoms. The molecule has 0 saturated heterocycles.